The maximum Gasteiger partial charge on any atom is 0.416 e. The number of halogens is 3. The first kappa shape index (κ1) is 23.2. The fourth-order valence-electron chi connectivity index (χ4n) is 3.93. The molecular weight excluding hydrogens is 371 g/mol. The topological polar surface area (TPSA) is 43.1 Å². The number of alkyl halides is 3. The first-order valence-electron chi connectivity index (χ1n) is 9.14. The third kappa shape index (κ3) is 5.58. The van der Waals surface area contributed by atoms with Crippen LogP contribution in [0.5, 0.6) is 0 Å². The van der Waals surface area contributed by atoms with Crippen LogP contribution in [-0.4, -0.2) is 19.5 Å². The van der Waals surface area contributed by atoms with Gasteiger partial charge in [0, 0.05) is 4.92 Å². The minimum Gasteiger partial charge on any atom is -0.264 e. The molecular formula is C20H28F3NO2Si. The molecule has 0 fully saturated rings. The SMILES string of the molecule is CC(C)[Si](C#C[C@H](C[N+](=O)[O-])c1ccc(C(F)(F)F)cc1)(C(C)C)C(C)C. The molecule has 3 nitrogen and oxygen atoms in total. The summed E-state index contributed by atoms with van der Waals surface area (Å²) in [5.74, 6) is 2.38. The molecule has 0 heterocycles. The molecule has 0 radical (unpaired) electrons. The van der Waals surface area contributed by atoms with E-state index in [2.05, 4.69) is 53.0 Å². The summed E-state index contributed by atoms with van der Waals surface area (Å²) < 4.78 is 38.3. The molecule has 7 heteroatoms. The average molecular weight is 400 g/mol. The molecule has 0 unspecified atom stereocenters. The van der Waals surface area contributed by atoms with Gasteiger partial charge < -0.3 is 0 Å². The van der Waals surface area contributed by atoms with Crippen molar-refractivity contribution in [1.29, 1.82) is 0 Å². The zero-order valence-electron chi connectivity index (χ0n) is 16.7. The van der Waals surface area contributed by atoms with Crippen LogP contribution < -0.4 is 0 Å². The van der Waals surface area contributed by atoms with E-state index in [1.807, 2.05) is 0 Å². The maximum absolute atomic E-state index is 12.8. The van der Waals surface area contributed by atoms with Gasteiger partial charge in [-0.1, -0.05) is 59.6 Å². The summed E-state index contributed by atoms with van der Waals surface area (Å²) in [5, 5.41) is 11.1. The van der Waals surface area contributed by atoms with Gasteiger partial charge in [0.15, 0.2) is 0 Å². The van der Waals surface area contributed by atoms with Crippen molar-refractivity contribution in [2.24, 2.45) is 0 Å². The molecule has 0 aliphatic rings. The Hall–Kier alpha value is -1.81. The summed E-state index contributed by atoms with van der Waals surface area (Å²) in [6.07, 6.45) is -4.43. The second-order valence-electron chi connectivity index (χ2n) is 7.85. The number of hydrogen-bond acceptors (Lipinski definition) is 2. The van der Waals surface area contributed by atoms with Crippen LogP contribution in [0.1, 0.15) is 58.6 Å². The van der Waals surface area contributed by atoms with E-state index in [1.54, 1.807) is 0 Å². The van der Waals surface area contributed by atoms with Crippen LogP contribution in [0.25, 0.3) is 0 Å². The Morgan fingerprint density at radius 3 is 1.78 bits per heavy atom. The monoisotopic (exact) mass is 399 g/mol. The van der Waals surface area contributed by atoms with Gasteiger partial charge in [-0.3, -0.25) is 10.1 Å². The zero-order chi connectivity index (χ0) is 21.0. The second kappa shape index (κ2) is 8.92. The maximum atomic E-state index is 12.8. The average Bonchev–Trinajstić information content (AvgIpc) is 2.52. The molecule has 1 aromatic carbocycles. The Morgan fingerprint density at radius 2 is 1.44 bits per heavy atom. The smallest absolute Gasteiger partial charge is 0.264 e. The van der Waals surface area contributed by atoms with Crippen LogP contribution in [0.3, 0.4) is 0 Å². The lowest BCUT2D eigenvalue weighted by atomic mass is 9.99. The summed E-state index contributed by atoms with van der Waals surface area (Å²) >= 11 is 0. The minimum absolute atomic E-state index is 0.369. The number of nitro groups is 1. The quantitative estimate of drug-likeness (QED) is 0.244. The third-order valence-corrected chi connectivity index (χ3v) is 11.6. The minimum atomic E-state index is -4.43. The summed E-state index contributed by atoms with van der Waals surface area (Å²) in [6, 6.07) is 4.52. The summed E-state index contributed by atoms with van der Waals surface area (Å²) in [5.41, 5.74) is 4.23. The van der Waals surface area contributed by atoms with Crippen molar-refractivity contribution >= 4 is 8.07 Å². The Balaban J connectivity index is 3.38. The molecule has 0 aliphatic heterocycles. The molecule has 27 heavy (non-hydrogen) atoms. The van der Waals surface area contributed by atoms with Crippen molar-refractivity contribution in [1.82, 2.24) is 0 Å². The van der Waals surface area contributed by atoms with Gasteiger partial charge in [0.2, 0.25) is 6.54 Å². The number of benzene rings is 1. The van der Waals surface area contributed by atoms with Gasteiger partial charge in [0.05, 0.1) is 5.56 Å². The van der Waals surface area contributed by atoms with Crippen molar-refractivity contribution in [3.63, 3.8) is 0 Å². The van der Waals surface area contributed by atoms with Crippen molar-refractivity contribution in [2.45, 2.75) is 70.3 Å². The van der Waals surface area contributed by atoms with Gasteiger partial charge in [0.1, 0.15) is 14.0 Å². The Bertz CT molecular complexity index is 679. The van der Waals surface area contributed by atoms with Crippen LogP contribution in [0.2, 0.25) is 16.6 Å². The third-order valence-electron chi connectivity index (χ3n) is 5.30. The first-order chi connectivity index (χ1) is 12.3. The van der Waals surface area contributed by atoms with E-state index < -0.39 is 37.2 Å². The van der Waals surface area contributed by atoms with E-state index in [0.717, 1.165) is 12.1 Å². The number of hydrogen-bond donors (Lipinski definition) is 0. The predicted octanol–water partition coefficient (Wildman–Crippen LogP) is 6.29. The molecule has 1 aromatic rings. The Morgan fingerprint density at radius 1 is 1.00 bits per heavy atom. The van der Waals surface area contributed by atoms with Gasteiger partial charge in [-0.25, -0.2) is 0 Å². The van der Waals surface area contributed by atoms with Crippen LogP contribution >= 0.6 is 0 Å². The fourth-order valence-corrected chi connectivity index (χ4v) is 9.22. The van der Waals surface area contributed by atoms with E-state index >= 15 is 0 Å². The van der Waals surface area contributed by atoms with Gasteiger partial charge in [-0.2, -0.15) is 13.2 Å². The van der Waals surface area contributed by atoms with Crippen molar-refractivity contribution < 1.29 is 18.1 Å². The molecule has 0 saturated carbocycles. The van der Waals surface area contributed by atoms with Crippen LogP contribution in [0.4, 0.5) is 13.2 Å². The molecule has 0 aliphatic carbocycles. The number of nitrogens with zero attached hydrogens (tertiary/aromatic N) is 1. The highest BCUT2D eigenvalue weighted by atomic mass is 28.3. The Labute approximate surface area is 160 Å². The van der Waals surface area contributed by atoms with Gasteiger partial charge in [-0.05, 0) is 34.3 Å². The Kier molecular flexibility index (Phi) is 7.67. The molecule has 0 N–H and O–H groups in total. The van der Waals surface area contributed by atoms with Crippen LogP contribution in [0.15, 0.2) is 24.3 Å². The molecule has 0 amide bonds. The van der Waals surface area contributed by atoms with E-state index in [9.17, 15) is 23.3 Å². The fraction of sp³-hybridized carbons (Fsp3) is 0.600. The molecule has 1 atom stereocenters. The van der Waals surface area contributed by atoms with Crippen molar-refractivity contribution in [3.8, 4) is 11.5 Å². The molecule has 0 saturated heterocycles. The highest BCUT2D eigenvalue weighted by molar-refractivity contribution is 6.90. The van der Waals surface area contributed by atoms with Gasteiger partial charge >= 0.3 is 6.18 Å². The highest BCUT2D eigenvalue weighted by Crippen LogP contribution is 2.41. The summed E-state index contributed by atoms with van der Waals surface area (Å²) in [6.45, 7) is 12.4. The molecule has 0 aromatic heterocycles. The molecule has 1 rings (SSSR count). The largest absolute Gasteiger partial charge is 0.416 e. The lowest BCUT2D eigenvalue weighted by Gasteiger charge is -2.38. The van der Waals surface area contributed by atoms with E-state index in [1.165, 1.54) is 12.1 Å². The molecule has 0 spiro atoms. The van der Waals surface area contributed by atoms with Gasteiger partial charge in [-0.15, -0.1) is 5.54 Å². The van der Waals surface area contributed by atoms with E-state index in [0.29, 0.717) is 22.2 Å². The standard InChI is InChI=1S/C20H28F3NO2Si/c1-14(2)27(15(3)4,16(5)6)12-11-18(13-24(25)26)17-7-9-19(10-8-17)20(21,22)23/h7-10,14-16,18H,13H2,1-6H3/t18-/m1/s1. The second-order valence-corrected chi connectivity index (χ2v) is 13.4. The first-order valence-corrected chi connectivity index (χ1v) is 11.4. The van der Waals surface area contributed by atoms with Crippen LogP contribution in [0, 0.1) is 21.6 Å². The predicted molar refractivity (Wildman–Crippen MR) is 105 cm³/mol. The number of rotatable bonds is 6. The normalized spacial score (nSPS) is 13.6. The zero-order valence-corrected chi connectivity index (χ0v) is 17.7. The summed E-state index contributed by atoms with van der Waals surface area (Å²) in [4.78, 5) is 10.6. The summed E-state index contributed by atoms with van der Waals surface area (Å²) in [7, 11) is -2.08. The van der Waals surface area contributed by atoms with Gasteiger partial charge in [0.25, 0.3) is 0 Å². The van der Waals surface area contributed by atoms with E-state index in [-0.39, 0.29) is 0 Å². The van der Waals surface area contributed by atoms with Crippen LogP contribution in [-0.2, 0) is 6.18 Å². The van der Waals surface area contributed by atoms with E-state index in [4.69, 9.17) is 0 Å². The lowest BCUT2D eigenvalue weighted by Crippen LogP contribution is -2.43. The highest BCUT2D eigenvalue weighted by Gasteiger charge is 2.42. The van der Waals surface area contributed by atoms with Crippen molar-refractivity contribution in [2.75, 3.05) is 6.54 Å². The van der Waals surface area contributed by atoms with Crippen molar-refractivity contribution in [3.05, 3.63) is 45.5 Å². The molecule has 150 valence electrons. The lowest BCUT2D eigenvalue weighted by molar-refractivity contribution is -0.481. The molecule has 0 bridgehead atoms.